The second kappa shape index (κ2) is 6.24. The maximum Gasteiger partial charge on any atom is 0.243 e. The Hall–Kier alpha value is -0.910. The van der Waals surface area contributed by atoms with Crippen LogP contribution in [0.5, 0.6) is 0 Å². The molecule has 1 aromatic carbocycles. The van der Waals surface area contributed by atoms with E-state index in [9.17, 15) is 8.42 Å². The van der Waals surface area contributed by atoms with Crippen LogP contribution in [0.3, 0.4) is 0 Å². The van der Waals surface area contributed by atoms with E-state index in [1.54, 1.807) is 6.07 Å². The molecule has 0 aromatic heterocycles. The molecule has 20 heavy (non-hydrogen) atoms. The molecule has 4 nitrogen and oxygen atoms in total. The normalized spacial score (nSPS) is 15.3. The summed E-state index contributed by atoms with van der Waals surface area (Å²) in [5.41, 5.74) is 7.11. The summed E-state index contributed by atoms with van der Waals surface area (Å²) >= 11 is 0. The SMILES string of the molecule is CCN(C(C)(CC)CN)S(=O)(=O)c1ccc(C)cc1C. The van der Waals surface area contributed by atoms with Gasteiger partial charge in [-0.1, -0.05) is 31.5 Å². The standard InChI is InChI=1S/C15H26N2O2S/c1-6-15(5,11-16)17(7-2)20(18,19)14-9-8-12(3)10-13(14)4/h8-10H,6-7,11,16H2,1-5H3. The Morgan fingerprint density at radius 3 is 2.25 bits per heavy atom. The molecule has 0 saturated carbocycles. The number of nitrogens with zero attached hydrogens (tertiary/aromatic N) is 1. The number of hydrogen-bond acceptors (Lipinski definition) is 3. The van der Waals surface area contributed by atoms with E-state index in [2.05, 4.69) is 0 Å². The highest BCUT2D eigenvalue weighted by atomic mass is 32.2. The molecule has 0 bridgehead atoms. The molecular weight excluding hydrogens is 272 g/mol. The van der Waals surface area contributed by atoms with Gasteiger partial charge in [-0.05, 0) is 38.8 Å². The van der Waals surface area contributed by atoms with Crippen molar-refractivity contribution < 1.29 is 8.42 Å². The van der Waals surface area contributed by atoms with Crippen LogP contribution in [0.1, 0.15) is 38.3 Å². The molecule has 0 amide bonds. The van der Waals surface area contributed by atoms with Gasteiger partial charge in [0, 0.05) is 18.6 Å². The van der Waals surface area contributed by atoms with Crippen molar-refractivity contribution in [1.82, 2.24) is 4.31 Å². The minimum atomic E-state index is -3.53. The first-order valence-electron chi connectivity index (χ1n) is 7.03. The maximum atomic E-state index is 12.9. The number of sulfonamides is 1. The van der Waals surface area contributed by atoms with E-state index in [0.29, 0.717) is 24.4 Å². The molecule has 1 aromatic rings. The lowest BCUT2D eigenvalue weighted by Crippen LogP contribution is -2.53. The number of benzene rings is 1. The average Bonchev–Trinajstić information content (AvgIpc) is 2.38. The van der Waals surface area contributed by atoms with Gasteiger partial charge >= 0.3 is 0 Å². The number of rotatable bonds is 6. The van der Waals surface area contributed by atoms with E-state index >= 15 is 0 Å². The van der Waals surface area contributed by atoms with Crippen molar-refractivity contribution in [2.24, 2.45) is 5.73 Å². The van der Waals surface area contributed by atoms with Gasteiger partial charge in [0.1, 0.15) is 0 Å². The largest absolute Gasteiger partial charge is 0.329 e. The number of aryl methyl sites for hydroxylation is 2. The second-order valence-corrected chi connectivity index (χ2v) is 7.32. The van der Waals surface area contributed by atoms with Gasteiger partial charge < -0.3 is 5.73 Å². The Kier molecular flexibility index (Phi) is 5.35. The fourth-order valence-corrected chi connectivity index (χ4v) is 4.54. The van der Waals surface area contributed by atoms with Gasteiger partial charge in [-0.2, -0.15) is 4.31 Å². The van der Waals surface area contributed by atoms with Crippen molar-refractivity contribution in [2.75, 3.05) is 13.1 Å². The molecule has 1 rings (SSSR count). The zero-order valence-corrected chi connectivity index (χ0v) is 13.9. The summed E-state index contributed by atoms with van der Waals surface area (Å²) in [4.78, 5) is 0.373. The van der Waals surface area contributed by atoms with Crippen molar-refractivity contribution in [2.45, 2.75) is 51.5 Å². The van der Waals surface area contributed by atoms with Crippen LogP contribution >= 0.6 is 0 Å². The minimum absolute atomic E-state index is 0.307. The molecule has 5 heteroatoms. The van der Waals surface area contributed by atoms with Crippen LogP contribution in [0, 0.1) is 13.8 Å². The average molecular weight is 298 g/mol. The molecule has 1 unspecified atom stereocenters. The van der Waals surface area contributed by atoms with E-state index in [4.69, 9.17) is 5.73 Å². The molecule has 0 aliphatic rings. The molecule has 0 fully saturated rings. The van der Waals surface area contributed by atoms with E-state index in [1.807, 2.05) is 46.8 Å². The van der Waals surface area contributed by atoms with Gasteiger partial charge in [-0.3, -0.25) is 0 Å². The zero-order chi connectivity index (χ0) is 15.6. The molecule has 0 aliphatic heterocycles. The molecule has 0 aliphatic carbocycles. The summed E-state index contributed by atoms with van der Waals surface area (Å²) in [6.07, 6.45) is 0.682. The quantitative estimate of drug-likeness (QED) is 0.877. The number of hydrogen-bond donors (Lipinski definition) is 1. The summed E-state index contributed by atoms with van der Waals surface area (Å²) in [6.45, 7) is 10.2. The first-order valence-corrected chi connectivity index (χ1v) is 8.47. The lowest BCUT2D eigenvalue weighted by Gasteiger charge is -2.38. The molecule has 114 valence electrons. The Labute approximate surface area is 123 Å². The van der Waals surface area contributed by atoms with E-state index in [-0.39, 0.29) is 0 Å². The Balaban J connectivity index is 3.39. The van der Waals surface area contributed by atoms with E-state index in [1.165, 1.54) is 4.31 Å². The summed E-state index contributed by atoms with van der Waals surface area (Å²) in [6, 6.07) is 5.42. The summed E-state index contributed by atoms with van der Waals surface area (Å²) in [5, 5.41) is 0. The monoisotopic (exact) mass is 298 g/mol. The van der Waals surface area contributed by atoms with Gasteiger partial charge in [0.05, 0.1) is 4.90 Å². The van der Waals surface area contributed by atoms with Crippen molar-refractivity contribution in [3.63, 3.8) is 0 Å². The van der Waals surface area contributed by atoms with Gasteiger partial charge in [0.25, 0.3) is 0 Å². The number of likely N-dealkylation sites (N-methyl/N-ethyl adjacent to an activating group) is 1. The molecule has 0 heterocycles. The highest BCUT2D eigenvalue weighted by Gasteiger charge is 2.37. The smallest absolute Gasteiger partial charge is 0.243 e. The van der Waals surface area contributed by atoms with Gasteiger partial charge in [0.2, 0.25) is 10.0 Å². The van der Waals surface area contributed by atoms with Crippen molar-refractivity contribution in [1.29, 1.82) is 0 Å². The predicted octanol–water partition coefficient (Wildman–Crippen LogP) is 2.44. The van der Waals surface area contributed by atoms with Gasteiger partial charge in [0.15, 0.2) is 0 Å². The highest BCUT2D eigenvalue weighted by molar-refractivity contribution is 7.89. The molecular formula is C15H26N2O2S. The lowest BCUT2D eigenvalue weighted by molar-refractivity contribution is 0.214. The Morgan fingerprint density at radius 2 is 1.85 bits per heavy atom. The van der Waals surface area contributed by atoms with Crippen LogP contribution < -0.4 is 5.73 Å². The molecule has 0 saturated heterocycles. The topological polar surface area (TPSA) is 63.4 Å². The highest BCUT2D eigenvalue weighted by Crippen LogP contribution is 2.28. The van der Waals surface area contributed by atoms with Crippen molar-refractivity contribution >= 4 is 10.0 Å². The van der Waals surface area contributed by atoms with Crippen LogP contribution in [0.2, 0.25) is 0 Å². The second-order valence-electron chi connectivity index (χ2n) is 5.49. The first-order chi connectivity index (χ1) is 9.22. The van der Waals surface area contributed by atoms with Crippen LogP contribution in [0.25, 0.3) is 0 Å². The van der Waals surface area contributed by atoms with E-state index < -0.39 is 15.6 Å². The van der Waals surface area contributed by atoms with Crippen molar-refractivity contribution in [3.05, 3.63) is 29.3 Å². The molecule has 0 spiro atoms. The first kappa shape index (κ1) is 17.1. The summed E-state index contributed by atoms with van der Waals surface area (Å²) in [7, 11) is -3.53. The number of nitrogens with two attached hydrogens (primary N) is 1. The third-order valence-electron chi connectivity index (χ3n) is 3.99. The summed E-state index contributed by atoms with van der Waals surface area (Å²) < 4.78 is 27.4. The lowest BCUT2D eigenvalue weighted by atomic mass is 9.99. The Morgan fingerprint density at radius 1 is 1.25 bits per heavy atom. The van der Waals surface area contributed by atoms with Crippen LogP contribution in [-0.2, 0) is 10.0 Å². The fraction of sp³-hybridized carbons (Fsp3) is 0.600. The van der Waals surface area contributed by atoms with Crippen molar-refractivity contribution in [3.8, 4) is 0 Å². The third kappa shape index (κ3) is 3.05. The fourth-order valence-electron chi connectivity index (χ4n) is 2.47. The Bertz CT molecular complexity index is 563. The summed E-state index contributed by atoms with van der Waals surface area (Å²) in [5.74, 6) is 0. The molecule has 0 radical (unpaired) electrons. The van der Waals surface area contributed by atoms with E-state index in [0.717, 1.165) is 11.1 Å². The third-order valence-corrected chi connectivity index (χ3v) is 6.28. The van der Waals surface area contributed by atoms with Gasteiger partial charge in [-0.25, -0.2) is 8.42 Å². The predicted molar refractivity (Wildman–Crippen MR) is 83.2 cm³/mol. The zero-order valence-electron chi connectivity index (χ0n) is 13.1. The van der Waals surface area contributed by atoms with Crippen LogP contribution in [-0.4, -0.2) is 31.4 Å². The minimum Gasteiger partial charge on any atom is -0.329 e. The molecule has 1 atom stereocenters. The molecule has 2 N–H and O–H groups in total. The van der Waals surface area contributed by atoms with Crippen LogP contribution in [0.15, 0.2) is 23.1 Å². The van der Waals surface area contributed by atoms with Crippen LogP contribution in [0.4, 0.5) is 0 Å². The maximum absolute atomic E-state index is 12.9. The van der Waals surface area contributed by atoms with Gasteiger partial charge in [-0.15, -0.1) is 0 Å².